The minimum Gasteiger partial charge on any atom is -0.325 e. The smallest absolute Gasteiger partial charge is 0.282 e. The summed E-state index contributed by atoms with van der Waals surface area (Å²) < 4.78 is 41.3. The molecule has 138 valence electrons. The topological polar surface area (TPSA) is 69.7 Å². The van der Waals surface area contributed by atoms with Gasteiger partial charge < -0.3 is 5.32 Å². The number of carbonyl (C=O) groups is 1. The van der Waals surface area contributed by atoms with Gasteiger partial charge in [0.25, 0.3) is 10.2 Å². The Labute approximate surface area is 152 Å². The van der Waals surface area contributed by atoms with E-state index >= 15 is 0 Å². The van der Waals surface area contributed by atoms with Crippen molar-refractivity contribution in [2.75, 3.05) is 25.0 Å². The quantitative estimate of drug-likeness (QED) is 0.869. The van der Waals surface area contributed by atoms with Crippen LogP contribution < -0.4 is 5.32 Å². The van der Waals surface area contributed by atoms with Gasteiger partial charge in [0.2, 0.25) is 5.91 Å². The summed E-state index contributed by atoms with van der Waals surface area (Å²) in [5.41, 5.74) is 1.19. The fraction of sp³-hybridized carbons (Fsp3) is 0.278. The highest BCUT2D eigenvalue weighted by molar-refractivity contribution is 7.86. The van der Waals surface area contributed by atoms with Crippen LogP contribution in [-0.4, -0.2) is 42.6 Å². The Hall–Kier alpha value is -2.29. The van der Waals surface area contributed by atoms with E-state index in [1.54, 1.807) is 36.4 Å². The molecule has 1 amide bonds. The molecule has 1 aliphatic rings. The average Bonchev–Trinajstić information content (AvgIpc) is 2.59. The molecule has 0 bridgehead atoms. The van der Waals surface area contributed by atoms with Gasteiger partial charge >= 0.3 is 0 Å². The molecule has 0 aromatic heterocycles. The molecule has 1 heterocycles. The van der Waals surface area contributed by atoms with E-state index in [1.807, 2.05) is 6.07 Å². The third kappa shape index (κ3) is 4.46. The number of anilines is 1. The molecule has 0 radical (unpaired) electrons. The van der Waals surface area contributed by atoms with Crippen molar-refractivity contribution in [2.24, 2.45) is 0 Å². The largest absolute Gasteiger partial charge is 0.325 e. The summed E-state index contributed by atoms with van der Waals surface area (Å²) in [6.07, 6.45) is 0.604. The third-order valence-corrected chi connectivity index (χ3v) is 6.02. The zero-order valence-electron chi connectivity index (χ0n) is 14.1. The summed E-state index contributed by atoms with van der Waals surface area (Å²) >= 11 is 0. The van der Waals surface area contributed by atoms with Gasteiger partial charge in [-0.1, -0.05) is 30.3 Å². The number of rotatable bonds is 5. The molecule has 0 aliphatic carbocycles. The zero-order valence-corrected chi connectivity index (χ0v) is 15.0. The van der Waals surface area contributed by atoms with Crippen LogP contribution in [0.25, 0.3) is 0 Å². The molecule has 1 saturated heterocycles. The fourth-order valence-corrected chi connectivity index (χ4v) is 4.50. The van der Waals surface area contributed by atoms with Crippen LogP contribution in [0.5, 0.6) is 0 Å². The lowest BCUT2D eigenvalue weighted by molar-refractivity contribution is -0.116. The highest BCUT2D eigenvalue weighted by Crippen LogP contribution is 2.19. The second-order valence-electron chi connectivity index (χ2n) is 6.07. The SMILES string of the molecule is O=C(CN1CCCN(Cc2cccc(F)c2)S1(=O)=O)Nc1ccccc1. The van der Waals surface area contributed by atoms with Crippen LogP contribution in [0.3, 0.4) is 0 Å². The molecule has 2 aromatic carbocycles. The molecule has 1 fully saturated rings. The number of hydrogen-bond donors (Lipinski definition) is 1. The Morgan fingerprint density at radius 1 is 1.04 bits per heavy atom. The number of nitrogens with one attached hydrogen (secondary N) is 1. The number of halogens is 1. The van der Waals surface area contributed by atoms with E-state index in [2.05, 4.69) is 5.32 Å². The molecule has 0 saturated carbocycles. The monoisotopic (exact) mass is 377 g/mol. The normalized spacial score (nSPS) is 17.7. The summed E-state index contributed by atoms with van der Waals surface area (Å²) in [4.78, 5) is 12.2. The van der Waals surface area contributed by atoms with Crippen LogP contribution >= 0.6 is 0 Å². The Balaban J connectivity index is 1.67. The number of para-hydroxylation sites is 1. The maximum atomic E-state index is 13.3. The first-order valence-electron chi connectivity index (χ1n) is 8.30. The lowest BCUT2D eigenvalue weighted by Crippen LogP contribution is -2.51. The first-order chi connectivity index (χ1) is 12.4. The summed E-state index contributed by atoms with van der Waals surface area (Å²) in [6.45, 7) is 0.452. The lowest BCUT2D eigenvalue weighted by atomic mass is 10.2. The molecular weight excluding hydrogens is 357 g/mol. The molecule has 0 atom stereocenters. The van der Waals surface area contributed by atoms with Gasteiger partial charge in [-0.3, -0.25) is 4.79 Å². The molecule has 0 spiro atoms. The van der Waals surface area contributed by atoms with Crippen LogP contribution in [0.1, 0.15) is 12.0 Å². The molecule has 2 aromatic rings. The molecule has 3 rings (SSSR count). The Kier molecular flexibility index (Phi) is 5.65. The van der Waals surface area contributed by atoms with E-state index < -0.39 is 21.9 Å². The number of hydrogen-bond acceptors (Lipinski definition) is 3. The Morgan fingerprint density at radius 3 is 2.50 bits per heavy atom. The zero-order chi connectivity index (χ0) is 18.6. The maximum Gasteiger partial charge on any atom is 0.282 e. The minimum absolute atomic E-state index is 0.0803. The van der Waals surface area contributed by atoms with Gasteiger partial charge in [0.15, 0.2) is 0 Å². The predicted octanol–water partition coefficient (Wildman–Crippen LogP) is 2.22. The maximum absolute atomic E-state index is 13.3. The highest BCUT2D eigenvalue weighted by atomic mass is 32.2. The van der Waals surface area contributed by atoms with Crippen molar-refractivity contribution in [3.05, 3.63) is 66.0 Å². The first-order valence-corrected chi connectivity index (χ1v) is 9.69. The van der Waals surface area contributed by atoms with Crippen molar-refractivity contribution in [1.82, 2.24) is 8.61 Å². The van der Waals surface area contributed by atoms with Crippen molar-refractivity contribution in [3.63, 3.8) is 0 Å². The van der Waals surface area contributed by atoms with E-state index in [0.29, 0.717) is 24.2 Å². The molecule has 8 heteroatoms. The van der Waals surface area contributed by atoms with Gasteiger partial charge in [0.1, 0.15) is 5.82 Å². The summed E-state index contributed by atoms with van der Waals surface area (Å²) in [7, 11) is -3.78. The van der Waals surface area contributed by atoms with Gasteiger partial charge in [-0.15, -0.1) is 0 Å². The molecule has 1 N–H and O–H groups in total. The second kappa shape index (κ2) is 7.94. The summed E-state index contributed by atoms with van der Waals surface area (Å²) in [5.74, 6) is -0.802. The third-order valence-electron chi connectivity index (χ3n) is 4.09. The van der Waals surface area contributed by atoms with Crippen LogP contribution in [0.15, 0.2) is 54.6 Å². The number of benzene rings is 2. The van der Waals surface area contributed by atoms with Gasteiger partial charge in [0, 0.05) is 25.3 Å². The number of amides is 1. The Morgan fingerprint density at radius 2 is 1.77 bits per heavy atom. The molecule has 0 unspecified atom stereocenters. The van der Waals surface area contributed by atoms with Gasteiger partial charge in [0.05, 0.1) is 6.54 Å². The van der Waals surface area contributed by atoms with E-state index in [1.165, 1.54) is 16.4 Å². The van der Waals surface area contributed by atoms with E-state index in [9.17, 15) is 17.6 Å². The molecular formula is C18H20FN3O3S. The summed E-state index contributed by atoms with van der Waals surface area (Å²) in [6, 6.07) is 14.7. The van der Waals surface area contributed by atoms with Crippen LogP contribution in [0, 0.1) is 5.82 Å². The average molecular weight is 377 g/mol. The number of carbonyl (C=O) groups excluding carboxylic acids is 1. The van der Waals surface area contributed by atoms with Crippen LogP contribution in [-0.2, 0) is 21.5 Å². The predicted molar refractivity (Wildman–Crippen MR) is 97.0 cm³/mol. The fourth-order valence-electron chi connectivity index (χ4n) is 2.86. The molecule has 1 aliphatic heterocycles. The molecule has 26 heavy (non-hydrogen) atoms. The standard InChI is InChI=1S/C18H20FN3O3S/c19-16-7-4-6-15(12-16)13-21-10-5-11-22(26(21,24)25)14-18(23)20-17-8-2-1-3-9-17/h1-4,6-9,12H,5,10-11,13-14H2,(H,20,23). The van der Waals surface area contributed by atoms with Crippen LogP contribution in [0.4, 0.5) is 10.1 Å². The first kappa shape index (κ1) is 18.5. The van der Waals surface area contributed by atoms with Crippen molar-refractivity contribution < 1.29 is 17.6 Å². The van der Waals surface area contributed by atoms with Crippen LogP contribution in [0.2, 0.25) is 0 Å². The minimum atomic E-state index is -3.78. The van der Waals surface area contributed by atoms with Crippen molar-refractivity contribution >= 4 is 21.8 Å². The Bertz CT molecular complexity index is 874. The van der Waals surface area contributed by atoms with Gasteiger partial charge in [-0.2, -0.15) is 17.0 Å². The highest BCUT2D eigenvalue weighted by Gasteiger charge is 2.34. The van der Waals surface area contributed by atoms with Crippen molar-refractivity contribution in [1.29, 1.82) is 0 Å². The van der Waals surface area contributed by atoms with Gasteiger partial charge in [-0.25, -0.2) is 4.39 Å². The second-order valence-corrected chi connectivity index (χ2v) is 8.00. The van der Waals surface area contributed by atoms with E-state index in [4.69, 9.17) is 0 Å². The summed E-state index contributed by atoms with van der Waals surface area (Å²) in [5, 5.41) is 2.69. The lowest BCUT2D eigenvalue weighted by Gasteiger charge is -2.34. The van der Waals surface area contributed by atoms with E-state index in [-0.39, 0.29) is 19.6 Å². The van der Waals surface area contributed by atoms with Crippen molar-refractivity contribution in [2.45, 2.75) is 13.0 Å². The van der Waals surface area contributed by atoms with Gasteiger partial charge in [-0.05, 0) is 36.2 Å². The van der Waals surface area contributed by atoms with E-state index in [0.717, 1.165) is 4.31 Å². The van der Waals surface area contributed by atoms with Crippen molar-refractivity contribution in [3.8, 4) is 0 Å². The molecule has 6 nitrogen and oxygen atoms in total. The number of nitrogens with zero attached hydrogens (tertiary/aromatic N) is 2.